The average molecular weight is 447 g/mol. The lowest BCUT2D eigenvalue weighted by Crippen LogP contribution is -2.50. The zero-order valence-corrected chi connectivity index (χ0v) is 18.0. The number of furan rings is 1. The van der Waals surface area contributed by atoms with Crippen molar-refractivity contribution in [3.63, 3.8) is 0 Å². The van der Waals surface area contributed by atoms with Gasteiger partial charge in [-0.1, -0.05) is 0 Å². The third-order valence-corrected chi connectivity index (χ3v) is 7.51. The number of carbonyl (C=O) groups is 2. The normalized spacial score (nSPS) is 18.3. The van der Waals surface area contributed by atoms with Crippen molar-refractivity contribution in [2.75, 3.05) is 51.1 Å². The minimum atomic E-state index is -3.46. The van der Waals surface area contributed by atoms with Crippen LogP contribution in [-0.2, 0) is 14.8 Å². The van der Waals surface area contributed by atoms with Crippen molar-refractivity contribution in [3.8, 4) is 0 Å². The number of hydrogen-bond acceptors (Lipinski definition) is 6. The van der Waals surface area contributed by atoms with Crippen LogP contribution in [0.1, 0.15) is 23.4 Å². The summed E-state index contributed by atoms with van der Waals surface area (Å²) in [4.78, 5) is 28.6. The molecule has 1 aromatic heterocycles. The molecule has 2 amide bonds. The number of rotatable bonds is 6. The molecule has 0 saturated carbocycles. The van der Waals surface area contributed by atoms with Gasteiger partial charge in [0, 0.05) is 45.0 Å². The second-order valence-electron chi connectivity index (χ2n) is 7.73. The van der Waals surface area contributed by atoms with Crippen molar-refractivity contribution in [1.29, 1.82) is 0 Å². The van der Waals surface area contributed by atoms with Crippen LogP contribution in [0, 0.1) is 0 Å². The topological polar surface area (TPSA) is 103 Å². The Labute approximate surface area is 181 Å². The van der Waals surface area contributed by atoms with Crippen molar-refractivity contribution in [2.45, 2.75) is 17.7 Å². The molecule has 0 unspecified atom stereocenters. The monoisotopic (exact) mass is 446 g/mol. The Hall–Kier alpha value is -2.69. The van der Waals surface area contributed by atoms with Gasteiger partial charge in [-0.3, -0.25) is 14.5 Å². The second-order valence-corrected chi connectivity index (χ2v) is 9.67. The first kappa shape index (κ1) is 21.5. The molecule has 0 bridgehead atoms. The summed E-state index contributed by atoms with van der Waals surface area (Å²) in [6.07, 6.45) is 3.25. The number of amides is 2. The van der Waals surface area contributed by atoms with Crippen LogP contribution in [0.25, 0.3) is 0 Å². The summed E-state index contributed by atoms with van der Waals surface area (Å²) < 4.78 is 31.8. The van der Waals surface area contributed by atoms with Gasteiger partial charge in [0.2, 0.25) is 15.9 Å². The minimum absolute atomic E-state index is 0.141. The molecule has 2 aromatic rings. The third-order valence-electron chi connectivity index (χ3n) is 5.60. The lowest BCUT2D eigenvalue weighted by atomic mass is 10.2. The molecule has 0 atom stereocenters. The molecule has 10 heteroatoms. The first-order chi connectivity index (χ1) is 14.9. The number of nitrogens with one attached hydrogen (secondary N) is 1. The molecule has 166 valence electrons. The van der Waals surface area contributed by atoms with Crippen LogP contribution in [0.3, 0.4) is 0 Å². The van der Waals surface area contributed by atoms with E-state index in [9.17, 15) is 18.0 Å². The van der Waals surface area contributed by atoms with E-state index < -0.39 is 10.0 Å². The highest BCUT2D eigenvalue weighted by molar-refractivity contribution is 7.89. The molecule has 31 heavy (non-hydrogen) atoms. The van der Waals surface area contributed by atoms with Crippen molar-refractivity contribution in [1.82, 2.24) is 14.1 Å². The number of benzene rings is 1. The molecule has 0 spiro atoms. The Balaban J connectivity index is 1.26. The summed E-state index contributed by atoms with van der Waals surface area (Å²) in [7, 11) is -3.46. The van der Waals surface area contributed by atoms with Crippen LogP contribution in [0.2, 0.25) is 0 Å². The van der Waals surface area contributed by atoms with Gasteiger partial charge >= 0.3 is 0 Å². The van der Waals surface area contributed by atoms with E-state index in [0.29, 0.717) is 50.7 Å². The van der Waals surface area contributed by atoms with Crippen LogP contribution in [0.4, 0.5) is 5.69 Å². The van der Waals surface area contributed by atoms with Crippen LogP contribution in [-0.4, -0.2) is 80.2 Å². The summed E-state index contributed by atoms with van der Waals surface area (Å²) in [6.45, 7) is 3.55. The van der Waals surface area contributed by atoms with Crippen LogP contribution < -0.4 is 5.32 Å². The first-order valence-corrected chi connectivity index (χ1v) is 11.8. The Morgan fingerprint density at radius 1 is 0.935 bits per heavy atom. The fourth-order valence-corrected chi connectivity index (χ4v) is 5.37. The van der Waals surface area contributed by atoms with E-state index in [2.05, 4.69) is 5.32 Å². The van der Waals surface area contributed by atoms with E-state index in [1.165, 1.54) is 22.7 Å². The number of hydrogen-bond donors (Lipinski definition) is 1. The van der Waals surface area contributed by atoms with Crippen molar-refractivity contribution < 1.29 is 22.4 Å². The highest BCUT2D eigenvalue weighted by atomic mass is 32.2. The summed E-state index contributed by atoms with van der Waals surface area (Å²) >= 11 is 0. The van der Waals surface area contributed by atoms with Crippen LogP contribution in [0.5, 0.6) is 0 Å². The van der Waals surface area contributed by atoms with Gasteiger partial charge < -0.3 is 14.6 Å². The molecule has 1 aromatic carbocycles. The third kappa shape index (κ3) is 4.97. The Morgan fingerprint density at radius 2 is 1.61 bits per heavy atom. The predicted molar refractivity (Wildman–Crippen MR) is 114 cm³/mol. The van der Waals surface area contributed by atoms with E-state index in [1.807, 2.05) is 4.90 Å². The molecule has 2 aliphatic heterocycles. The predicted octanol–water partition coefficient (Wildman–Crippen LogP) is 1.46. The lowest BCUT2D eigenvalue weighted by molar-refractivity contribution is -0.117. The Morgan fingerprint density at radius 3 is 2.23 bits per heavy atom. The molecular formula is C21H26N4O5S. The highest BCUT2D eigenvalue weighted by Gasteiger charge is 2.27. The Kier molecular flexibility index (Phi) is 6.40. The van der Waals surface area contributed by atoms with Gasteiger partial charge in [0.15, 0.2) is 5.76 Å². The van der Waals surface area contributed by atoms with Gasteiger partial charge in [0.1, 0.15) is 0 Å². The molecule has 3 heterocycles. The summed E-state index contributed by atoms with van der Waals surface area (Å²) in [6, 6.07) is 9.61. The van der Waals surface area contributed by atoms with E-state index >= 15 is 0 Å². The minimum Gasteiger partial charge on any atom is -0.459 e. The molecule has 2 saturated heterocycles. The molecule has 0 aliphatic carbocycles. The van der Waals surface area contributed by atoms with Crippen molar-refractivity contribution in [3.05, 3.63) is 48.4 Å². The molecule has 2 aliphatic rings. The van der Waals surface area contributed by atoms with Gasteiger partial charge in [-0.2, -0.15) is 4.31 Å². The number of nitrogens with zero attached hydrogens (tertiary/aromatic N) is 3. The molecule has 4 rings (SSSR count). The summed E-state index contributed by atoms with van der Waals surface area (Å²) in [5.41, 5.74) is 0.553. The molecule has 0 radical (unpaired) electrons. The standard InChI is InChI=1S/C21H26N4O5S/c26-20(16-23-11-13-24(14-12-23)21(27)19-4-3-15-30-19)22-17-5-7-18(8-6-17)31(28,29)25-9-1-2-10-25/h3-8,15H,1-2,9-14,16H2,(H,22,26). The maximum Gasteiger partial charge on any atom is 0.289 e. The van der Waals surface area contributed by atoms with E-state index in [0.717, 1.165) is 12.8 Å². The maximum atomic E-state index is 12.6. The van der Waals surface area contributed by atoms with Gasteiger partial charge in [0.05, 0.1) is 17.7 Å². The van der Waals surface area contributed by atoms with Crippen molar-refractivity contribution >= 4 is 27.5 Å². The fraction of sp³-hybridized carbons (Fsp3) is 0.429. The van der Waals surface area contributed by atoms with E-state index in [-0.39, 0.29) is 23.3 Å². The second kappa shape index (κ2) is 9.21. The summed E-state index contributed by atoms with van der Waals surface area (Å²) in [5.74, 6) is 0.000389. The van der Waals surface area contributed by atoms with Gasteiger partial charge in [-0.25, -0.2) is 8.42 Å². The average Bonchev–Trinajstić information content (AvgIpc) is 3.49. The first-order valence-electron chi connectivity index (χ1n) is 10.4. The lowest BCUT2D eigenvalue weighted by Gasteiger charge is -2.33. The highest BCUT2D eigenvalue weighted by Crippen LogP contribution is 2.22. The van der Waals surface area contributed by atoms with Crippen molar-refractivity contribution in [2.24, 2.45) is 0 Å². The molecule has 9 nitrogen and oxygen atoms in total. The molecule has 1 N–H and O–H groups in total. The van der Waals surface area contributed by atoms with E-state index in [4.69, 9.17) is 4.42 Å². The number of sulfonamides is 1. The zero-order chi connectivity index (χ0) is 21.8. The van der Waals surface area contributed by atoms with E-state index in [1.54, 1.807) is 29.2 Å². The smallest absolute Gasteiger partial charge is 0.289 e. The number of carbonyl (C=O) groups excluding carboxylic acids is 2. The summed E-state index contributed by atoms with van der Waals surface area (Å²) in [5, 5.41) is 2.81. The van der Waals surface area contributed by atoms with Crippen LogP contribution >= 0.6 is 0 Å². The quantitative estimate of drug-likeness (QED) is 0.721. The Bertz CT molecular complexity index is 1010. The SMILES string of the molecule is O=C(CN1CCN(C(=O)c2ccco2)CC1)Nc1ccc(S(=O)(=O)N2CCCC2)cc1. The maximum absolute atomic E-state index is 12.6. The number of anilines is 1. The fourth-order valence-electron chi connectivity index (χ4n) is 3.86. The zero-order valence-electron chi connectivity index (χ0n) is 17.2. The van der Waals surface area contributed by atoms with Gasteiger partial charge in [0.25, 0.3) is 5.91 Å². The van der Waals surface area contributed by atoms with Crippen LogP contribution in [0.15, 0.2) is 52.0 Å². The number of piperazine rings is 1. The largest absolute Gasteiger partial charge is 0.459 e. The van der Waals surface area contributed by atoms with Gasteiger partial charge in [-0.15, -0.1) is 0 Å². The van der Waals surface area contributed by atoms with Gasteiger partial charge in [-0.05, 0) is 49.2 Å². The molecular weight excluding hydrogens is 420 g/mol. The molecule has 2 fully saturated rings.